The molecule has 0 saturated carbocycles. The third-order valence-electron chi connectivity index (χ3n) is 3.77. The lowest BCUT2D eigenvalue weighted by Gasteiger charge is -2.11. The Kier molecular flexibility index (Phi) is 4.19. The molecule has 0 aliphatic carbocycles. The lowest BCUT2D eigenvalue weighted by molar-refractivity contribution is 0.161. The van der Waals surface area contributed by atoms with Gasteiger partial charge in [-0.05, 0) is 18.5 Å². The first-order chi connectivity index (χ1) is 10.7. The fourth-order valence-corrected chi connectivity index (χ4v) is 3.41. The van der Waals surface area contributed by atoms with Gasteiger partial charge in [-0.1, -0.05) is 24.3 Å². The molecule has 1 aliphatic rings. The highest BCUT2D eigenvalue weighted by molar-refractivity contribution is 8.08. The van der Waals surface area contributed by atoms with E-state index in [9.17, 15) is 4.79 Å². The molecule has 0 bridgehead atoms. The van der Waals surface area contributed by atoms with Crippen LogP contribution in [0.4, 0.5) is 10.6 Å². The standard InChI is InChI=1S/C15H18N4O2S/c1-17-15(9-16)12(22-15)8-21-14(20)19-13-6-10-4-2-3-5-11(10)7-18-13/h2-7,12,17H,8-9,16H2,1H3,(H,18,19,20)/t12?,15-/m0/s1. The lowest BCUT2D eigenvalue weighted by Crippen LogP contribution is -2.40. The summed E-state index contributed by atoms with van der Waals surface area (Å²) in [6.07, 6.45) is 1.22. The number of nitrogens with zero attached hydrogens (tertiary/aromatic N) is 1. The van der Waals surface area contributed by atoms with Crippen molar-refractivity contribution < 1.29 is 9.53 Å². The van der Waals surface area contributed by atoms with Crippen LogP contribution in [0, 0.1) is 0 Å². The van der Waals surface area contributed by atoms with Crippen LogP contribution in [0.3, 0.4) is 0 Å². The number of carbonyl (C=O) groups excluding carboxylic acids is 1. The maximum atomic E-state index is 11.8. The molecule has 1 saturated heterocycles. The van der Waals surface area contributed by atoms with E-state index < -0.39 is 6.09 Å². The largest absolute Gasteiger partial charge is 0.448 e. The quantitative estimate of drug-likeness (QED) is 0.728. The van der Waals surface area contributed by atoms with Gasteiger partial charge in [-0.2, -0.15) is 0 Å². The SMILES string of the molecule is CN[C@@]1(CN)SC1COC(=O)Nc1cc2ccccc2cn1. The molecule has 2 atom stereocenters. The number of amides is 1. The Morgan fingerprint density at radius 3 is 2.91 bits per heavy atom. The molecule has 4 N–H and O–H groups in total. The average Bonchev–Trinajstić information content (AvgIpc) is 3.27. The molecular formula is C15H18N4O2S. The average molecular weight is 318 g/mol. The van der Waals surface area contributed by atoms with Crippen LogP contribution < -0.4 is 16.4 Å². The van der Waals surface area contributed by atoms with Crippen LogP contribution >= 0.6 is 11.8 Å². The van der Waals surface area contributed by atoms with Crippen LogP contribution in [0.25, 0.3) is 10.8 Å². The monoisotopic (exact) mass is 318 g/mol. The maximum absolute atomic E-state index is 11.8. The molecule has 7 heteroatoms. The smallest absolute Gasteiger partial charge is 0.412 e. The van der Waals surface area contributed by atoms with Crippen molar-refractivity contribution in [3.05, 3.63) is 36.5 Å². The molecule has 0 radical (unpaired) electrons. The van der Waals surface area contributed by atoms with E-state index in [1.54, 1.807) is 18.0 Å². The fourth-order valence-electron chi connectivity index (χ4n) is 2.33. The van der Waals surface area contributed by atoms with Gasteiger partial charge < -0.3 is 15.8 Å². The number of carbonyl (C=O) groups is 1. The Labute approximate surface area is 132 Å². The van der Waals surface area contributed by atoms with Gasteiger partial charge in [0.25, 0.3) is 0 Å². The Bertz CT molecular complexity index is 690. The summed E-state index contributed by atoms with van der Waals surface area (Å²) in [6.45, 7) is 0.832. The zero-order valence-electron chi connectivity index (χ0n) is 12.2. The topological polar surface area (TPSA) is 89.3 Å². The summed E-state index contributed by atoms with van der Waals surface area (Å²) in [5.74, 6) is 0.478. The Hall–Kier alpha value is -1.83. The van der Waals surface area contributed by atoms with Crippen molar-refractivity contribution in [3.63, 3.8) is 0 Å². The minimum atomic E-state index is -0.502. The van der Waals surface area contributed by atoms with E-state index in [-0.39, 0.29) is 10.1 Å². The van der Waals surface area contributed by atoms with Crippen LogP contribution in [-0.4, -0.2) is 41.4 Å². The molecule has 1 amide bonds. The van der Waals surface area contributed by atoms with Gasteiger partial charge in [0.1, 0.15) is 12.4 Å². The van der Waals surface area contributed by atoms with Gasteiger partial charge in [0.2, 0.25) is 0 Å². The minimum absolute atomic E-state index is 0.151. The normalized spacial score (nSPS) is 23.3. The molecule has 2 heterocycles. The highest BCUT2D eigenvalue weighted by atomic mass is 32.2. The molecule has 0 spiro atoms. The fraction of sp³-hybridized carbons (Fsp3) is 0.333. The van der Waals surface area contributed by atoms with Crippen LogP contribution in [-0.2, 0) is 4.74 Å². The van der Waals surface area contributed by atoms with E-state index >= 15 is 0 Å². The number of nitrogens with one attached hydrogen (secondary N) is 2. The Morgan fingerprint density at radius 2 is 2.23 bits per heavy atom. The van der Waals surface area contributed by atoms with E-state index in [0.29, 0.717) is 19.0 Å². The van der Waals surface area contributed by atoms with Crippen LogP contribution in [0.15, 0.2) is 36.5 Å². The third-order valence-corrected chi connectivity index (χ3v) is 5.41. The van der Waals surface area contributed by atoms with Gasteiger partial charge in [0, 0.05) is 18.1 Å². The number of rotatable bonds is 5. The minimum Gasteiger partial charge on any atom is -0.448 e. The lowest BCUT2D eigenvalue weighted by atomic mass is 10.2. The van der Waals surface area contributed by atoms with Crippen molar-refractivity contribution in [3.8, 4) is 0 Å². The van der Waals surface area contributed by atoms with Gasteiger partial charge in [-0.3, -0.25) is 5.32 Å². The Morgan fingerprint density at radius 1 is 1.45 bits per heavy atom. The van der Waals surface area contributed by atoms with Crippen molar-refractivity contribution in [2.24, 2.45) is 5.73 Å². The van der Waals surface area contributed by atoms with E-state index in [2.05, 4.69) is 15.6 Å². The van der Waals surface area contributed by atoms with Crippen LogP contribution in [0.1, 0.15) is 0 Å². The first-order valence-corrected chi connectivity index (χ1v) is 7.90. The van der Waals surface area contributed by atoms with Crippen LogP contribution in [0.5, 0.6) is 0 Å². The molecule has 22 heavy (non-hydrogen) atoms. The molecule has 1 aromatic heterocycles. The third kappa shape index (κ3) is 3.01. The zero-order valence-corrected chi connectivity index (χ0v) is 13.0. The van der Waals surface area contributed by atoms with E-state index in [0.717, 1.165) is 10.8 Å². The predicted octanol–water partition coefficient (Wildman–Crippen LogP) is 1.77. The summed E-state index contributed by atoms with van der Waals surface area (Å²) >= 11 is 1.68. The summed E-state index contributed by atoms with van der Waals surface area (Å²) in [4.78, 5) is 15.9. The molecule has 116 valence electrons. The first kappa shape index (κ1) is 15.1. The molecule has 1 unspecified atom stereocenters. The number of pyridine rings is 1. The number of thioether (sulfide) groups is 1. The van der Waals surface area contributed by atoms with Gasteiger partial charge in [0.15, 0.2) is 0 Å². The molecular weight excluding hydrogens is 300 g/mol. The molecule has 3 rings (SSSR count). The number of fused-ring (bicyclic) bond motifs is 1. The van der Waals surface area contributed by atoms with Crippen LogP contribution in [0.2, 0.25) is 0 Å². The van der Waals surface area contributed by atoms with Crippen molar-refractivity contribution in [1.82, 2.24) is 10.3 Å². The summed E-state index contributed by atoms with van der Waals surface area (Å²) in [7, 11) is 1.86. The van der Waals surface area contributed by atoms with Crippen molar-refractivity contribution in [2.75, 3.05) is 25.5 Å². The van der Waals surface area contributed by atoms with Crippen molar-refractivity contribution in [2.45, 2.75) is 10.1 Å². The number of hydrogen-bond donors (Lipinski definition) is 3. The number of hydrogen-bond acceptors (Lipinski definition) is 6. The molecule has 6 nitrogen and oxygen atoms in total. The predicted molar refractivity (Wildman–Crippen MR) is 88.9 cm³/mol. The van der Waals surface area contributed by atoms with E-state index in [4.69, 9.17) is 10.5 Å². The summed E-state index contributed by atoms with van der Waals surface area (Å²) in [5, 5.41) is 8.04. The highest BCUT2D eigenvalue weighted by Gasteiger charge is 2.54. The number of aromatic nitrogens is 1. The number of nitrogens with two attached hydrogens (primary N) is 1. The van der Waals surface area contributed by atoms with Gasteiger partial charge in [-0.25, -0.2) is 9.78 Å². The van der Waals surface area contributed by atoms with E-state index in [1.807, 2.05) is 37.4 Å². The summed E-state index contributed by atoms with van der Waals surface area (Å²) in [6, 6.07) is 9.65. The summed E-state index contributed by atoms with van der Waals surface area (Å²) in [5.41, 5.74) is 5.70. The zero-order chi connectivity index (χ0) is 15.6. The molecule has 1 aromatic carbocycles. The second-order valence-electron chi connectivity index (χ2n) is 5.09. The van der Waals surface area contributed by atoms with E-state index in [1.165, 1.54) is 0 Å². The second kappa shape index (κ2) is 6.12. The summed E-state index contributed by atoms with van der Waals surface area (Å²) < 4.78 is 5.23. The number of anilines is 1. The first-order valence-electron chi connectivity index (χ1n) is 7.02. The Balaban J connectivity index is 1.55. The van der Waals surface area contributed by atoms with Crippen molar-refractivity contribution >= 4 is 34.4 Å². The maximum Gasteiger partial charge on any atom is 0.412 e. The highest BCUT2D eigenvalue weighted by Crippen LogP contribution is 2.50. The number of likely N-dealkylation sites (N-methyl/N-ethyl adjacent to an activating group) is 1. The molecule has 1 fully saturated rings. The van der Waals surface area contributed by atoms with Gasteiger partial charge >= 0.3 is 6.09 Å². The van der Waals surface area contributed by atoms with Crippen molar-refractivity contribution in [1.29, 1.82) is 0 Å². The molecule has 2 aromatic rings. The molecule has 1 aliphatic heterocycles. The number of benzene rings is 1. The van der Waals surface area contributed by atoms with Gasteiger partial charge in [-0.15, -0.1) is 11.8 Å². The number of ether oxygens (including phenoxy) is 1. The second-order valence-corrected chi connectivity index (χ2v) is 6.62. The van der Waals surface area contributed by atoms with Gasteiger partial charge in [0.05, 0.1) is 10.1 Å².